The molecular formula is C21H26N3O4+. The number of phenols is 1. The number of rotatable bonds is 5. The van der Waals surface area contributed by atoms with Crippen LogP contribution in [-0.4, -0.2) is 50.5 Å². The molecular weight excluding hydrogens is 358 g/mol. The summed E-state index contributed by atoms with van der Waals surface area (Å²) in [6, 6.07) is 13.0. The van der Waals surface area contributed by atoms with Crippen LogP contribution in [0.1, 0.15) is 18.5 Å². The summed E-state index contributed by atoms with van der Waals surface area (Å²) in [5.41, 5.74) is 2.11. The second-order valence-electron chi connectivity index (χ2n) is 7.33. The Hall–Kier alpha value is -2.93. The molecule has 7 heteroatoms. The molecule has 2 aliphatic heterocycles. The van der Waals surface area contributed by atoms with Crippen LogP contribution in [0.4, 0.5) is 5.69 Å². The number of aromatic hydroxyl groups is 1. The number of piperazine rings is 1. The Labute approximate surface area is 164 Å². The number of anilines is 1. The van der Waals surface area contributed by atoms with E-state index < -0.39 is 0 Å². The van der Waals surface area contributed by atoms with Crippen molar-refractivity contribution in [3.8, 4) is 17.2 Å². The lowest BCUT2D eigenvalue weighted by molar-refractivity contribution is -0.892. The van der Waals surface area contributed by atoms with Crippen molar-refractivity contribution in [2.24, 2.45) is 0 Å². The maximum Gasteiger partial charge on any atom is 0.275 e. The lowest BCUT2D eigenvalue weighted by Crippen LogP contribution is -3.15. The third-order valence-corrected chi connectivity index (χ3v) is 5.37. The van der Waals surface area contributed by atoms with Gasteiger partial charge in [-0.3, -0.25) is 4.79 Å². The molecule has 0 spiro atoms. The van der Waals surface area contributed by atoms with E-state index in [1.165, 1.54) is 4.90 Å². The summed E-state index contributed by atoms with van der Waals surface area (Å²) in [5, 5.41) is 12.5. The van der Waals surface area contributed by atoms with Crippen molar-refractivity contribution in [2.45, 2.75) is 13.0 Å². The van der Waals surface area contributed by atoms with Crippen LogP contribution in [0, 0.1) is 0 Å². The molecule has 1 amide bonds. The van der Waals surface area contributed by atoms with Crippen molar-refractivity contribution in [1.82, 2.24) is 5.32 Å². The van der Waals surface area contributed by atoms with Gasteiger partial charge in [-0.25, -0.2) is 0 Å². The minimum absolute atomic E-state index is 0.0539. The smallest absolute Gasteiger partial charge is 0.275 e. The minimum atomic E-state index is -0.0836. The fourth-order valence-corrected chi connectivity index (χ4v) is 3.71. The van der Waals surface area contributed by atoms with Gasteiger partial charge in [0.1, 0.15) is 5.75 Å². The second kappa shape index (κ2) is 7.98. The van der Waals surface area contributed by atoms with Crippen LogP contribution in [0.2, 0.25) is 0 Å². The zero-order valence-corrected chi connectivity index (χ0v) is 16.0. The van der Waals surface area contributed by atoms with E-state index in [4.69, 9.17) is 9.47 Å². The molecule has 2 aliphatic rings. The SMILES string of the molecule is C[C@@H](NC(=O)C[NH+]1CCN(c2ccc(O)cc2)CC1)c1ccc2c(c1)OCO2. The Balaban J connectivity index is 1.26. The van der Waals surface area contributed by atoms with Crippen LogP contribution in [-0.2, 0) is 4.79 Å². The van der Waals surface area contributed by atoms with Crippen LogP contribution in [0.15, 0.2) is 42.5 Å². The molecule has 2 aromatic rings. The van der Waals surface area contributed by atoms with Crippen LogP contribution in [0.3, 0.4) is 0 Å². The molecule has 2 heterocycles. The number of benzene rings is 2. The summed E-state index contributed by atoms with van der Waals surface area (Å²) < 4.78 is 10.7. The minimum Gasteiger partial charge on any atom is -0.508 e. The van der Waals surface area contributed by atoms with Crippen molar-refractivity contribution < 1.29 is 24.3 Å². The van der Waals surface area contributed by atoms with E-state index in [1.54, 1.807) is 12.1 Å². The summed E-state index contributed by atoms with van der Waals surface area (Å²) in [6.45, 7) is 6.31. The molecule has 1 saturated heterocycles. The van der Waals surface area contributed by atoms with E-state index in [2.05, 4.69) is 10.2 Å². The van der Waals surface area contributed by atoms with Gasteiger partial charge in [0.25, 0.3) is 5.91 Å². The molecule has 3 N–H and O–H groups in total. The Morgan fingerprint density at radius 3 is 2.61 bits per heavy atom. The quantitative estimate of drug-likeness (QED) is 0.708. The van der Waals surface area contributed by atoms with Gasteiger partial charge in [-0.15, -0.1) is 0 Å². The molecule has 7 nitrogen and oxygen atoms in total. The molecule has 4 rings (SSSR count). The lowest BCUT2D eigenvalue weighted by atomic mass is 10.1. The molecule has 2 aromatic carbocycles. The van der Waals surface area contributed by atoms with Gasteiger partial charge in [0.15, 0.2) is 18.0 Å². The molecule has 0 saturated carbocycles. The third-order valence-electron chi connectivity index (χ3n) is 5.37. The summed E-state index contributed by atoms with van der Waals surface area (Å²) >= 11 is 0. The highest BCUT2D eigenvalue weighted by atomic mass is 16.7. The van der Waals surface area contributed by atoms with Gasteiger partial charge in [-0.1, -0.05) is 6.07 Å². The van der Waals surface area contributed by atoms with Gasteiger partial charge >= 0.3 is 0 Å². The molecule has 0 bridgehead atoms. The predicted octanol–water partition coefficient (Wildman–Crippen LogP) is 0.703. The number of phenolic OH excluding ortho intramolecular Hbond substituents is 1. The maximum absolute atomic E-state index is 12.5. The predicted molar refractivity (Wildman–Crippen MR) is 105 cm³/mol. The highest BCUT2D eigenvalue weighted by Crippen LogP contribution is 2.34. The highest BCUT2D eigenvalue weighted by molar-refractivity contribution is 5.77. The summed E-state index contributed by atoms with van der Waals surface area (Å²) in [4.78, 5) is 16.1. The van der Waals surface area contributed by atoms with E-state index in [-0.39, 0.29) is 24.5 Å². The molecule has 0 radical (unpaired) electrons. The van der Waals surface area contributed by atoms with E-state index >= 15 is 0 Å². The number of amides is 1. The van der Waals surface area contributed by atoms with Crippen molar-refractivity contribution in [1.29, 1.82) is 0 Å². The van der Waals surface area contributed by atoms with Gasteiger partial charge in [-0.2, -0.15) is 0 Å². The molecule has 1 atom stereocenters. The fraction of sp³-hybridized carbons (Fsp3) is 0.381. The number of fused-ring (bicyclic) bond motifs is 1. The first kappa shape index (κ1) is 18.4. The van der Waals surface area contributed by atoms with E-state index in [1.807, 2.05) is 37.3 Å². The Bertz CT molecular complexity index is 832. The van der Waals surface area contributed by atoms with Gasteiger partial charge in [0.05, 0.1) is 32.2 Å². The molecule has 0 aliphatic carbocycles. The van der Waals surface area contributed by atoms with Gasteiger partial charge in [-0.05, 0) is 48.9 Å². The fourth-order valence-electron chi connectivity index (χ4n) is 3.71. The Morgan fingerprint density at radius 2 is 1.86 bits per heavy atom. The zero-order valence-electron chi connectivity index (χ0n) is 16.0. The van der Waals surface area contributed by atoms with Gasteiger partial charge < -0.3 is 29.7 Å². The number of hydrogen-bond acceptors (Lipinski definition) is 5. The lowest BCUT2D eigenvalue weighted by Gasteiger charge is -2.33. The zero-order chi connectivity index (χ0) is 19.5. The number of carbonyl (C=O) groups is 1. The number of nitrogens with one attached hydrogen (secondary N) is 2. The van der Waals surface area contributed by atoms with E-state index in [0.717, 1.165) is 48.9 Å². The number of nitrogens with zero attached hydrogens (tertiary/aromatic N) is 1. The van der Waals surface area contributed by atoms with Crippen molar-refractivity contribution in [2.75, 3.05) is 44.4 Å². The van der Waals surface area contributed by atoms with Crippen LogP contribution >= 0.6 is 0 Å². The van der Waals surface area contributed by atoms with Crippen LogP contribution < -0.4 is 24.6 Å². The van der Waals surface area contributed by atoms with Gasteiger partial charge in [0.2, 0.25) is 6.79 Å². The van der Waals surface area contributed by atoms with Crippen molar-refractivity contribution >= 4 is 11.6 Å². The maximum atomic E-state index is 12.5. The largest absolute Gasteiger partial charge is 0.508 e. The standard InChI is InChI=1S/C21H25N3O4/c1-15(16-2-7-19-20(12-16)28-14-27-19)22-21(26)13-23-8-10-24(11-9-23)17-3-5-18(25)6-4-17/h2-7,12,15,25H,8-11,13-14H2,1H3,(H,22,26)/p+1/t15-/m1/s1. The summed E-state index contributed by atoms with van der Waals surface area (Å²) in [7, 11) is 0. The first-order valence-electron chi connectivity index (χ1n) is 9.65. The summed E-state index contributed by atoms with van der Waals surface area (Å²) in [6.07, 6.45) is 0. The second-order valence-corrected chi connectivity index (χ2v) is 7.33. The van der Waals surface area contributed by atoms with E-state index in [0.29, 0.717) is 6.54 Å². The topological polar surface area (TPSA) is 75.5 Å². The normalized spacial score (nSPS) is 17.4. The summed E-state index contributed by atoms with van der Waals surface area (Å²) in [5.74, 6) is 1.81. The van der Waals surface area contributed by atoms with Gasteiger partial charge in [0, 0.05) is 5.69 Å². The first-order valence-corrected chi connectivity index (χ1v) is 9.65. The third kappa shape index (κ3) is 4.14. The molecule has 0 unspecified atom stereocenters. The molecule has 0 aromatic heterocycles. The van der Waals surface area contributed by atoms with Crippen LogP contribution in [0.5, 0.6) is 17.2 Å². The number of hydrogen-bond donors (Lipinski definition) is 3. The number of carbonyl (C=O) groups excluding carboxylic acids is 1. The van der Waals surface area contributed by atoms with Crippen molar-refractivity contribution in [3.63, 3.8) is 0 Å². The first-order chi connectivity index (χ1) is 13.6. The van der Waals surface area contributed by atoms with E-state index in [9.17, 15) is 9.90 Å². The average molecular weight is 384 g/mol. The monoisotopic (exact) mass is 384 g/mol. The number of ether oxygens (including phenoxy) is 2. The van der Waals surface area contributed by atoms with Crippen LogP contribution in [0.25, 0.3) is 0 Å². The Morgan fingerprint density at radius 1 is 1.14 bits per heavy atom. The molecule has 1 fully saturated rings. The highest BCUT2D eigenvalue weighted by Gasteiger charge is 2.23. The Kier molecular flexibility index (Phi) is 5.25. The average Bonchev–Trinajstić information content (AvgIpc) is 3.17. The molecule has 28 heavy (non-hydrogen) atoms. The number of quaternary nitrogens is 1. The molecule has 148 valence electrons. The van der Waals surface area contributed by atoms with Crippen molar-refractivity contribution in [3.05, 3.63) is 48.0 Å².